The van der Waals surface area contributed by atoms with Crippen molar-refractivity contribution in [1.82, 2.24) is 19.5 Å². The summed E-state index contributed by atoms with van der Waals surface area (Å²) in [7, 11) is 0. The summed E-state index contributed by atoms with van der Waals surface area (Å²) in [4.78, 5) is 25.5. The number of carbonyl (C=O) groups is 1. The average Bonchev–Trinajstić information content (AvgIpc) is 3.14. The number of primary amides is 1. The van der Waals surface area contributed by atoms with Gasteiger partial charge in [-0.05, 0) is 43.2 Å². The van der Waals surface area contributed by atoms with Gasteiger partial charge in [-0.1, -0.05) is 13.0 Å². The lowest BCUT2D eigenvalue weighted by molar-refractivity contribution is 0.100. The second-order valence-electron chi connectivity index (χ2n) is 7.68. The Kier molecular flexibility index (Phi) is 4.31. The van der Waals surface area contributed by atoms with Crippen LogP contribution in [0, 0.1) is 5.82 Å². The zero-order chi connectivity index (χ0) is 20.8. The van der Waals surface area contributed by atoms with E-state index >= 15 is 0 Å². The lowest BCUT2D eigenvalue weighted by Crippen LogP contribution is -2.15. The predicted octanol–water partition coefficient (Wildman–Crippen LogP) is 4.30. The Morgan fingerprint density at radius 3 is 2.83 bits per heavy atom. The van der Waals surface area contributed by atoms with Crippen LogP contribution in [0.4, 0.5) is 4.39 Å². The van der Waals surface area contributed by atoms with Crippen LogP contribution in [0.2, 0.25) is 0 Å². The maximum atomic E-state index is 13.5. The van der Waals surface area contributed by atoms with Crippen LogP contribution in [0.1, 0.15) is 41.9 Å². The zero-order valence-electron chi connectivity index (χ0n) is 16.5. The van der Waals surface area contributed by atoms with Gasteiger partial charge in [0.2, 0.25) is 5.91 Å². The van der Waals surface area contributed by atoms with E-state index in [0.717, 1.165) is 36.5 Å². The second-order valence-corrected chi connectivity index (χ2v) is 7.68. The minimum Gasteiger partial charge on any atom is -0.366 e. The molecule has 1 aromatic carbocycles. The quantitative estimate of drug-likeness (QED) is 0.555. The van der Waals surface area contributed by atoms with E-state index in [9.17, 15) is 9.18 Å². The molecule has 1 aliphatic rings. The standard InChI is InChI=1S/C23H20FN5O/c1-13-3-2-10-29-21(20(28-23(13)29)19-7-5-15(24)12-27-19)14-4-6-18-17(11-14)16(22(25)30)8-9-26-18/h4-9,11-13H,2-3,10H2,1H3,(H2,25,30)/t13-/m0/s1. The predicted molar refractivity (Wildman–Crippen MR) is 112 cm³/mol. The molecule has 0 aliphatic carbocycles. The number of aromatic nitrogens is 4. The summed E-state index contributed by atoms with van der Waals surface area (Å²) < 4.78 is 15.7. The molecule has 0 bridgehead atoms. The maximum absolute atomic E-state index is 13.5. The van der Waals surface area contributed by atoms with Crippen molar-refractivity contribution in [3.05, 3.63) is 66.0 Å². The third-order valence-corrected chi connectivity index (χ3v) is 5.71. The monoisotopic (exact) mass is 401 g/mol. The fourth-order valence-corrected chi connectivity index (χ4v) is 4.25. The van der Waals surface area contributed by atoms with Crippen molar-refractivity contribution in [3.8, 4) is 22.6 Å². The Hall–Kier alpha value is -3.61. The van der Waals surface area contributed by atoms with E-state index in [1.165, 1.54) is 12.3 Å². The van der Waals surface area contributed by atoms with Crippen molar-refractivity contribution in [1.29, 1.82) is 0 Å². The Labute approximate surface area is 172 Å². The number of imidazole rings is 1. The van der Waals surface area contributed by atoms with E-state index in [4.69, 9.17) is 10.7 Å². The molecular weight excluding hydrogens is 381 g/mol. The number of hydrogen-bond acceptors (Lipinski definition) is 4. The molecule has 0 spiro atoms. The van der Waals surface area contributed by atoms with Gasteiger partial charge in [-0.25, -0.2) is 9.37 Å². The minimum absolute atomic E-state index is 0.315. The van der Waals surface area contributed by atoms with Gasteiger partial charge in [0.15, 0.2) is 0 Å². The van der Waals surface area contributed by atoms with Crippen molar-refractivity contribution in [2.75, 3.05) is 0 Å². The first kappa shape index (κ1) is 18.4. The molecule has 1 atom stereocenters. The molecule has 1 aliphatic heterocycles. The first-order valence-corrected chi connectivity index (χ1v) is 9.94. The number of benzene rings is 1. The van der Waals surface area contributed by atoms with Crippen molar-refractivity contribution in [2.24, 2.45) is 5.73 Å². The summed E-state index contributed by atoms with van der Waals surface area (Å²) >= 11 is 0. The lowest BCUT2D eigenvalue weighted by atomic mass is 9.99. The van der Waals surface area contributed by atoms with Crippen LogP contribution in [0.25, 0.3) is 33.5 Å². The van der Waals surface area contributed by atoms with E-state index in [2.05, 4.69) is 21.5 Å². The summed E-state index contributed by atoms with van der Waals surface area (Å²) in [5, 5.41) is 0.694. The van der Waals surface area contributed by atoms with Crippen LogP contribution >= 0.6 is 0 Å². The van der Waals surface area contributed by atoms with Crippen LogP contribution in [-0.2, 0) is 6.54 Å². The van der Waals surface area contributed by atoms with E-state index in [1.807, 2.05) is 18.2 Å². The molecule has 2 N–H and O–H groups in total. The SMILES string of the molecule is C[C@H]1CCCn2c1nc(-c1ccc(F)cn1)c2-c1ccc2nccc(C(N)=O)c2c1. The molecule has 0 unspecified atom stereocenters. The number of rotatable bonds is 3. The molecule has 6 nitrogen and oxygen atoms in total. The third kappa shape index (κ3) is 2.94. The van der Waals surface area contributed by atoms with Gasteiger partial charge in [-0.15, -0.1) is 0 Å². The van der Waals surface area contributed by atoms with E-state index in [1.54, 1.807) is 18.3 Å². The second kappa shape index (κ2) is 7.02. The number of hydrogen-bond donors (Lipinski definition) is 1. The lowest BCUT2D eigenvalue weighted by Gasteiger charge is -2.22. The molecule has 4 aromatic rings. The Balaban J connectivity index is 1.79. The molecule has 0 saturated heterocycles. The fraction of sp³-hybridized carbons (Fsp3) is 0.217. The number of pyridine rings is 2. The van der Waals surface area contributed by atoms with E-state index in [-0.39, 0.29) is 5.82 Å². The summed E-state index contributed by atoms with van der Waals surface area (Å²) in [6.45, 7) is 3.01. The van der Waals surface area contributed by atoms with Gasteiger partial charge in [0.05, 0.1) is 28.7 Å². The first-order valence-electron chi connectivity index (χ1n) is 9.94. The summed E-state index contributed by atoms with van der Waals surface area (Å²) in [5.41, 5.74) is 9.84. The maximum Gasteiger partial charge on any atom is 0.249 e. The molecule has 0 fully saturated rings. The molecule has 150 valence electrons. The molecule has 0 radical (unpaired) electrons. The number of nitrogens with zero attached hydrogens (tertiary/aromatic N) is 4. The number of nitrogens with two attached hydrogens (primary N) is 1. The highest BCUT2D eigenvalue weighted by Gasteiger charge is 2.27. The largest absolute Gasteiger partial charge is 0.366 e. The number of fused-ring (bicyclic) bond motifs is 2. The molecular formula is C23H20FN5O. The Morgan fingerprint density at radius 2 is 2.07 bits per heavy atom. The fourth-order valence-electron chi connectivity index (χ4n) is 4.25. The molecule has 0 saturated carbocycles. The van der Waals surface area contributed by atoms with Crippen molar-refractivity contribution in [3.63, 3.8) is 0 Å². The molecule has 30 heavy (non-hydrogen) atoms. The Bertz CT molecular complexity index is 1280. The van der Waals surface area contributed by atoms with Crippen LogP contribution in [0.5, 0.6) is 0 Å². The Morgan fingerprint density at radius 1 is 1.20 bits per heavy atom. The minimum atomic E-state index is -0.496. The number of amides is 1. The van der Waals surface area contributed by atoms with Gasteiger partial charge in [0.25, 0.3) is 0 Å². The normalized spacial score (nSPS) is 15.9. The van der Waals surface area contributed by atoms with Gasteiger partial charge in [0, 0.05) is 29.6 Å². The van der Waals surface area contributed by atoms with Crippen LogP contribution in [0.3, 0.4) is 0 Å². The van der Waals surface area contributed by atoms with Gasteiger partial charge < -0.3 is 10.3 Å². The van der Waals surface area contributed by atoms with E-state index < -0.39 is 5.91 Å². The molecule has 3 aromatic heterocycles. The topological polar surface area (TPSA) is 86.7 Å². The van der Waals surface area contributed by atoms with E-state index in [0.29, 0.717) is 33.8 Å². The number of carbonyl (C=O) groups excluding carboxylic acids is 1. The van der Waals surface area contributed by atoms with Crippen molar-refractivity contribution in [2.45, 2.75) is 32.2 Å². The highest BCUT2D eigenvalue weighted by molar-refractivity contribution is 6.06. The van der Waals surface area contributed by atoms with Gasteiger partial charge >= 0.3 is 0 Å². The van der Waals surface area contributed by atoms with Gasteiger partial charge in [-0.3, -0.25) is 14.8 Å². The third-order valence-electron chi connectivity index (χ3n) is 5.71. The van der Waals surface area contributed by atoms with Crippen molar-refractivity contribution < 1.29 is 9.18 Å². The summed E-state index contributed by atoms with van der Waals surface area (Å²) in [6.07, 6.45) is 4.91. The molecule has 5 rings (SSSR count). The zero-order valence-corrected chi connectivity index (χ0v) is 16.5. The van der Waals surface area contributed by atoms with Crippen LogP contribution in [0.15, 0.2) is 48.8 Å². The van der Waals surface area contributed by atoms with Gasteiger partial charge in [-0.2, -0.15) is 0 Å². The van der Waals surface area contributed by atoms with Crippen LogP contribution < -0.4 is 5.73 Å². The molecule has 4 heterocycles. The summed E-state index contributed by atoms with van der Waals surface area (Å²) in [6, 6.07) is 10.4. The van der Waals surface area contributed by atoms with Crippen LogP contribution in [-0.4, -0.2) is 25.4 Å². The molecule has 7 heteroatoms. The van der Waals surface area contributed by atoms with Crippen molar-refractivity contribution >= 4 is 16.8 Å². The van der Waals surface area contributed by atoms with Gasteiger partial charge in [0.1, 0.15) is 17.3 Å². The highest BCUT2D eigenvalue weighted by Crippen LogP contribution is 2.38. The number of halogens is 1. The summed E-state index contributed by atoms with van der Waals surface area (Å²) in [5.74, 6) is 0.429. The highest BCUT2D eigenvalue weighted by atomic mass is 19.1. The molecule has 1 amide bonds. The average molecular weight is 401 g/mol. The smallest absolute Gasteiger partial charge is 0.249 e. The first-order chi connectivity index (χ1) is 14.5.